The largest absolute Gasteiger partial charge is 0.492 e. The summed E-state index contributed by atoms with van der Waals surface area (Å²) in [5.74, 6) is -1.00. The van der Waals surface area contributed by atoms with Gasteiger partial charge < -0.3 is 20.7 Å². The molecule has 0 saturated carbocycles. The second kappa shape index (κ2) is 7.06. The van der Waals surface area contributed by atoms with Crippen LogP contribution in [-0.4, -0.2) is 40.2 Å². The number of carboxylic acid groups (broad SMARTS) is 1. The summed E-state index contributed by atoms with van der Waals surface area (Å²) in [5.41, 5.74) is 6.52. The Kier molecular flexibility index (Phi) is 5.27. The first kappa shape index (κ1) is 18.7. The van der Waals surface area contributed by atoms with Crippen LogP contribution in [0.15, 0.2) is 18.2 Å². The number of ketones is 1. The normalized spacial score (nSPS) is 11.5. The molecule has 0 bridgehead atoms. The van der Waals surface area contributed by atoms with Gasteiger partial charge in [0.2, 0.25) is 0 Å². The first-order chi connectivity index (χ1) is 11.7. The predicted octanol–water partition coefficient (Wildman–Crippen LogP) is 2.18. The van der Waals surface area contributed by atoms with Crippen LogP contribution in [0.1, 0.15) is 36.3 Å². The number of aromatic carboxylic acids is 1. The van der Waals surface area contributed by atoms with Crippen LogP contribution in [0.5, 0.6) is 5.75 Å². The number of fused-ring (bicyclic) bond motifs is 1. The lowest BCUT2D eigenvalue weighted by atomic mass is 9.88. The molecule has 2 aromatic rings. The van der Waals surface area contributed by atoms with Gasteiger partial charge in [-0.05, 0) is 19.1 Å². The highest BCUT2D eigenvalue weighted by Crippen LogP contribution is 2.34. The number of nitrogen functional groups attached to an aromatic ring is 1. The molecule has 0 aliphatic rings. The van der Waals surface area contributed by atoms with Crippen LogP contribution >= 0.6 is 0 Å². The van der Waals surface area contributed by atoms with Gasteiger partial charge in [-0.2, -0.15) is 0 Å². The monoisotopic (exact) mass is 346 g/mol. The molecule has 0 radical (unpaired) electrons. The number of aromatic nitrogens is 1. The molecule has 4 N–H and O–H groups in total. The number of aliphatic hydroxyl groups excluding tert-OH is 1. The topological polar surface area (TPSA) is 123 Å². The lowest BCUT2D eigenvalue weighted by Gasteiger charge is -2.24. The van der Waals surface area contributed by atoms with Crippen molar-refractivity contribution in [3.8, 4) is 5.75 Å². The molecule has 1 aromatic carbocycles. The number of ether oxygens (including phenoxy) is 1. The van der Waals surface area contributed by atoms with Crippen LogP contribution in [-0.2, 0) is 4.79 Å². The molecule has 0 fully saturated rings. The first-order valence-electron chi connectivity index (χ1n) is 7.84. The van der Waals surface area contributed by atoms with E-state index in [1.807, 2.05) is 13.8 Å². The van der Waals surface area contributed by atoms with Crippen molar-refractivity contribution >= 4 is 28.3 Å². The molecule has 1 heterocycles. The van der Waals surface area contributed by atoms with Gasteiger partial charge in [-0.3, -0.25) is 9.78 Å². The molecule has 0 unspecified atom stereocenters. The molecule has 0 aliphatic heterocycles. The third kappa shape index (κ3) is 4.06. The number of carbonyl (C=O) groups is 2. The highest BCUT2D eigenvalue weighted by atomic mass is 16.5. The molecule has 2 rings (SSSR count). The van der Waals surface area contributed by atoms with Gasteiger partial charge in [0, 0.05) is 11.8 Å². The number of aryl methyl sites for hydroxylation is 1. The van der Waals surface area contributed by atoms with Gasteiger partial charge in [0.25, 0.3) is 0 Å². The number of carboxylic acids is 1. The Labute approximate surface area is 145 Å². The van der Waals surface area contributed by atoms with E-state index in [9.17, 15) is 14.7 Å². The van der Waals surface area contributed by atoms with Gasteiger partial charge in [-0.25, -0.2) is 4.79 Å². The van der Waals surface area contributed by atoms with E-state index in [1.54, 1.807) is 25.1 Å². The van der Waals surface area contributed by atoms with Gasteiger partial charge in [0.1, 0.15) is 17.9 Å². The van der Waals surface area contributed by atoms with Gasteiger partial charge in [0.05, 0.1) is 28.9 Å². The van der Waals surface area contributed by atoms with Crippen molar-refractivity contribution < 1.29 is 24.5 Å². The number of anilines is 1. The quantitative estimate of drug-likeness (QED) is 0.702. The van der Waals surface area contributed by atoms with Crippen LogP contribution < -0.4 is 10.5 Å². The van der Waals surface area contributed by atoms with Gasteiger partial charge in [-0.1, -0.05) is 19.9 Å². The van der Waals surface area contributed by atoms with E-state index in [-0.39, 0.29) is 30.1 Å². The molecule has 134 valence electrons. The summed E-state index contributed by atoms with van der Waals surface area (Å²) in [6.07, 6.45) is 0.168. The Balaban J connectivity index is 2.40. The van der Waals surface area contributed by atoms with Crippen molar-refractivity contribution in [1.29, 1.82) is 0 Å². The Bertz CT molecular complexity index is 830. The molecule has 0 aliphatic carbocycles. The van der Waals surface area contributed by atoms with E-state index < -0.39 is 18.0 Å². The summed E-state index contributed by atoms with van der Waals surface area (Å²) in [6, 6.07) is 5.17. The number of rotatable bonds is 7. The second-order valence-corrected chi connectivity index (χ2v) is 6.77. The lowest BCUT2D eigenvalue weighted by Crippen LogP contribution is -2.26. The standard InChI is InChI=1S/C18H22N2O5/c1-10-14(17(23)24)16(19)15-12(20-10)5-4-6-13(15)25-9-18(2,3)7-11(22)8-21/h4-6,21H,7-9H2,1-3H3,(H2,19,20)(H,23,24). The summed E-state index contributed by atoms with van der Waals surface area (Å²) in [6.45, 7) is 4.99. The smallest absolute Gasteiger partial charge is 0.339 e. The lowest BCUT2D eigenvalue weighted by molar-refractivity contribution is -0.124. The maximum absolute atomic E-state index is 11.5. The molecule has 7 heteroatoms. The minimum absolute atomic E-state index is 0.0433. The summed E-state index contributed by atoms with van der Waals surface area (Å²) in [7, 11) is 0. The SMILES string of the molecule is Cc1nc2cccc(OCC(C)(C)CC(=O)CO)c2c(N)c1C(=O)O. The number of nitrogens with zero attached hydrogens (tertiary/aromatic N) is 1. The highest BCUT2D eigenvalue weighted by molar-refractivity contribution is 6.06. The fraction of sp³-hybridized carbons (Fsp3) is 0.389. The number of nitrogens with two attached hydrogens (primary N) is 1. The fourth-order valence-electron chi connectivity index (χ4n) is 2.74. The maximum Gasteiger partial charge on any atom is 0.339 e. The van der Waals surface area contributed by atoms with Gasteiger partial charge in [0.15, 0.2) is 5.78 Å². The molecular weight excluding hydrogens is 324 g/mol. The van der Waals surface area contributed by atoms with Crippen molar-refractivity contribution in [2.75, 3.05) is 18.9 Å². The van der Waals surface area contributed by atoms with E-state index in [4.69, 9.17) is 15.6 Å². The van der Waals surface area contributed by atoms with Crippen molar-refractivity contribution in [3.05, 3.63) is 29.5 Å². The summed E-state index contributed by atoms with van der Waals surface area (Å²) in [4.78, 5) is 27.2. The van der Waals surface area contributed by atoms with Crippen LogP contribution in [0.25, 0.3) is 10.9 Å². The van der Waals surface area contributed by atoms with Crippen molar-refractivity contribution in [3.63, 3.8) is 0 Å². The van der Waals surface area contributed by atoms with E-state index >= 15 is 0 Å². The zero-order valence-electron chi connectivity index (χ0n) is 14.5. The Morgan fingerprint density at radius 3 is 2.60 bits per heavy atom. The van der Waals surface area contributed by atoms with Crippen LogP contribution in [0.4, 0.5) is 5.69 Å². The molecule has 0 spiro atoms. The predicted molar refractivity (Wildman–Crippen MR) is 93.8 cm³/mol. The van der Waals surface area contributed by atoms with E-state index in [0.29, 0.717) is 22.3 Å². The minimum atomic E-state index is -1.15. The average molecular weight is 346 g/mol. The molecule has 0 saturated heterocycles. The number of pyridine rings is 1. The van der Waals surface area contributed by atoms with Crippen molar-refractivity contribution in [2.45, 2.75) is 27.2 Å². The minimum Gasteiger partial charge on any atom is -0.492 e. The Morgan fingerprint density at radius 2 is 2.00 bits per heavy atom. The second-order valence-electron chi connectivity index (χ2n) is 6.77. The number of hydrogen-bond donors (Lipinski definition) is 3. The Morgan fingerprint density at radius 1 is 1.32 bits per heavy atom. The van der Waals surface area contributed by atoms with E-state index in [1.165, 1.54) is 0 Å². The summed E-state index contributed by atoms with van der Waals surface area (Å²) < 4.78 is 5.84. The number of hydrogen-bond acceptors (Lipinski definition) is 6. The summed E-state index contributed by atoms with van der Waals surface area (Å²) >= 11 is 0. The molecular formula is C18H22N2O5. The Hall–Kier alpha value is -2.67. The van der Waals surface area contributed by atoms with Crippen molar-refractivity contribution in [1.82, 2.24) is 4.98 Å². The maximum atomic E-state index is 11.5. The molecule has 0 amide bonds. The fourth-order valence-corrected chi connectivity index (χ4v) is 2.74. The molecule has 25 heavy (non-hydrogen) atoms. The molecule has 7 nitrogen and oxygen atoms in total. The molecule has 0 atom stereocenters. The highest BCUT2D eigenvalue weighted by Gasteiger charge is 2.24. The summed E-state index contributed by atoms with van der Waals surface area (Å²) in [5, 5.41) is 18.7. The number of aliphatic hydroxyl groups is 1. The van der Waals surface area contributed by atoms with E-state index in [0.717, 1.165) is 0 Å². The van der Waals surface area contributed by atoms with Crippen LogP contribution in [0, 0.1) is 12.3 Å². The first-order valence-corrected chi connectivity index (χ1v) is 7.84. The third-order valence-corrected chi connectivity index (χ3v) is 3.88. The zero-order chi connectivity index (χ0) is 18.8. The zero-order valence-corrected chi connectivity index (χ0v) is 14.5. The van der Waals surface area contributed by atoms with E-state index in [2.05, 4.69) is 4.98 Å². The number of Topliss-reactive ketones (excluding diaryl/α,β-unsaturated/α-hetero) is 1. The third-order valence-electron chi connectivity index (χ3n) is 3.88. The number of carbonyl (C=O) groups excluding carboxylic acids is 1. The van der Waals surface area contributed by atoms with Crippen molar-refractivity contribution in [2.24, 2.45) is 5.41 Å². The number of benzene rings is 1. The van der Waals surface area contributed by atoms with Crippen LogP contribution in [0.2, 0.25) is 0 Å². The van der Waals surface area contributed by atoms with Gasteiger partial charge >= 0.3 is 5.97 Å². The molecule has 1 aromatic heterocycles. The average Bonchev–Trinajstić information content (AvgIpc) is 2.51. The van der Waals surface area contributed by atoms with Crippen LogP contribution in [0.3, 0.4) is 0 Å². The van der Waals surface area contributed by atoms with Gasteiger partial charge in [-0.15, -0.1) is 0 Å².